The normalized spacial score (nSPS) is 16.9. The van der Waals surface area contributed by atoms with Crippen LogP contribution in [0.1, 0.15) is 25.3 Å². The largest absolute Gasteiger partial charge is 0.341 e. The van der Waals surface area contributed by atoms with Crippen LogP contribution in [-0.4, -0.2) is 44.1 Å². The lowest BCUT2D eigenvalue weighted by atomic mass is 10.1. The Labute approximate surface area is 126 Å². The second-order valence-electron chi connectivity index (χ2n) is 5.30. The maximum atomic E-state index is 12.5. The summed E-state index contributed by atoms with van der Waals surface area (Å²) in [5.41, 5.74) is 0.953. The van der Waals surface area contributed by atoms with Crippen molar-refractivity contribution in [2.75, 3.05) is 18.8 Å². The number of carbonyl (C=O) groups is 1. The van der Waals surface area contributed by atoms with E-state index in [1.165, 1.54) is 0 Å². The van der Waals surface area contributed by atoms with Crippen molar-refractivity contribution in [1.82, 2.24) is 9.62 Å². The van der Waals surface area contributed by atoms with Gasteiger partial charge in [-0.25, -0.2) is 13.1 Å². The van der Waals surface area contributed by atoms with E-state index in [1.54, 1.807) is 11.8 Å². The van der Waals surface area contributed by atoms with Gasteiger partial charge in [0.1, 0.15) is 6.04 Å². The van der Waals surface area contributed by atoms with Gasteiger partial charge in [0.25, 0.3) is 0 Å². The molecule has 0 bridgehead atoms. The number of hydrogen-bond acceptors (Lipinski definition) is 3. The lowest BCUT2D eigenvalue weighted by molar-refractivity contribution is -0.131. The molecule has 1 fully saturated rings. The van der Waals surface area contributed by atoms with Gasteiger partial charge in [-0.2, -0.15) is 0 Å². The molecule has 0 spiro atoms. The molecule has 5 nitrogen and oxygen atoms in total. The van der Waals surface area contributed by atoms with Crippen LogP contribution >= 0.6 is 0 Å². The van der Waals surface area contributed by atoms with Crippen molar-refractivity contribution in [3.63, 3.8) is 0 Å². The van der Waals surface area contributed by atoms with Crippen LogP contribution in [0.2, 0.25) is 0 Å². The molecule has 116 valence electrons. The van der Waals surface area contributed by atoms with Crippen LogP contribution in [0.15, 0.2) is 30.3 Å². The first-order valence-electron chi connectivity index (χ1n) is 7.34. The van der Waals surface area contributed by atoms with Crippen molar-refractivity contribution in [1.29, 1.82) is 0 Å². The highest BCUT2D eigenvalue weighted by Crippen LogP contribution is 2.13. The molecule has 1 atom stereocenters. The van der Waals surface area contributed by atoms with Crippen LogP contribution < -0.4 is 4.72 Å². The Balaban J connectivity index is 2.15. The number of nitrogens with one attached hydrogen (secondary N) is 1. The molecule has 0 aromatic heterocycles. The lowest BCUT2D eigenvalue weighted by Crippen LogP contribution is -2.49. The van der Waals surface area contributed by atoms with Crippen LogP contribution in [0, 0.1) is 0 Å². The molecule has 21 heavy (non-hydrogen) atoms. The summed E-state index contributed by atoms with van der Waals surface area (Å²) in [4.78, 5) is 14.3. The van der Waals surface area contributed by atoms with Gasteiger partial charge in [-0.05, 0) is 31.7 Å². The van der Waals surface area contributed by atoms with E-state index in [4.69, 9.17) is 0 Å². The van der Waals surface area contributed by atoms with Gasteiger partial charge >= 0.3 is 0 Å². The first-order valence-corrected chi connectivity index (χ1v) is 9.00. The summed E-state index contributed by atoms with van der Waals surface area (Å²) in [7, 11) is -3.41. The average molecular weight is 310 g/mol. The predicted molar refractivity (Wildman–Crippen MR) is 82.3 cm³/mol. The Morgan fingerprint density at radius 1 is 1.24 bits per heavy atom. The van der Waals surface area contributed by atoms with Crippen LogP contribution in [0.3, 0.4) is 0 Å². The average Bonchev–Trinajstić information content (AvgIpc) is 3.01. The van der Waals surface area contributed by atoms with Gasteiger partial charge in [-0.3, -0.25) is 4.79 Å². The Kier molecular flexibility index (Phi) is 5.36. The summed E-state index contributed by atoms with van der Waals surface area (Å²) >= 11 is 0. The highest BCUT2D eigenvalue weighted by Gasteiger charge is 2.29. The number of likely N-dealkylation sites (tertiary alicyclic amines) is 1. The molecule has 0 unspecified atom stereocenters. The maximum absolute atomic E-state index is 12.5. The van der Waals surface area contributed by atoms with Crippen molar-refractivity contribution in [3.8, 4) is 0 Å². The molecular weight excluding hydrogens is 288 g/mol. The molecule has 0 saturated carbocycles. The second kappa shape index (κ2) is 7.04. The minimum Gasteiger partial charge on any atom is -0.341 e. The predicted octanol–water partition coefficient (Wildman–Crippen LogP) is 1.16. The van der Waals surface area contributed by atoms with Crippen LogP contribution in [-0.2, 0) is 21.2 Å². The van der Waals surface area contributed by atoms with Gasteiger partial charge in [-0.15, -0.1) is 0 Å². The topological polar surface area (TPSA) is 66.5 Å². The minimum atomic E-state index is -3.41. The number of nitrogens with zero attached hydrogens (tertiary/aromatic N) is 1. The first kappa shape index (κ1) is 16.0. The van der Waals surface area contributed by atoms with Gasteiger partial charge in [0, 0.05) is 13.1 Å². The summed E-state index contributed by atoms with van der Waals surface area (Å²) in [6.07, 6.45) is 2.37. The van der Waals surface area contributed by atoms with Crippen molar-refractivity contribution in [2.24, 2.45) is 0 Å². The number of benzene rings is 1. The van der Waals surface area contributed by atoms with Crippen molar-refractivity contribution in [2.45, 2.75) is 32.2 Å². The molecule has 2 rings (SSSR count). The van der Waals surface area contributed by atoms with E-state index in [0.29, 0.717) is 6.42 Å². The molecular formula is C15H22N2O3S. The quantitative estimate of drug-likeness (QED) is 0.857. The molecule has 1 amide bonds. The Bertz CT molecular complexity index is 566. The fourth-order valence-electron chi connectivity index (χ4n) is 2.49. The second-order valence-corrected chi connectivity index (χ2v) is 7.34. The molecule has 0 radical (unpaired) electrons. The third kappa shape index (κ3) is 4.54. The van der Waals surface area contributed by atoms with Crippen molar-refractivity contribution in [3.05, 3.63) is 35.9 Å². The van der Waals surface area contributed by atoms with Crippen LogP contribution in [0.4, 0.5) is 0 Å². The summed E-state index contributed by atoms with van der Waals surface area (Å²) in [5, 5.41) is 0. The van der Waals surface area contributed by atoms with E-state index in [0.717, 1.165) is 31.5 Å². The molecule has 1 N–H and O–H groups in total. The standard InChI is InChI=1S/C15H22N2O3S/c1-2-21(19,20)16-14(12-13-8-4-3-5-9-13)15(18)17-10-6-7-11-17/h3-5,8-9,14,16H,2,6-7,10-12H2,1H3/t14-/m0/s1. The molecule has 0 aliphatic carbocycles. The Hall–Kier alpha value is -1.40. The summed E-state index contributed by atoms with van der Waals surface area (Å²) in [6.45, 7) is 3.01. The summed E-state index contributed by atoms with van der Waals surface area (Å²) in [6, 6.07) is 8.78. The van der Waals surface area contributed by atoms with E-state index < -0.39 is 16.1 Å². The number of amides is 1. The van der Waals surface area contributed by atoms with Gasteiger partial charge in [0.2, 0.25) is 15.9 Å². The summed E-state index contributed by atoms with van der Waals surface area (Å²) in [5.74, 6) is -0.139. The van der Waals surface area contributed by atoms with E-state index in [9.17, 15) is 13.2 Å². The fourth-order valence-corrected chi connectivity index (χ4v) is 3.27. The molecule has 1 saturated heterocycles. The highest BCUT2D eigenvalue weighted by atomic mass is 32.2. The zero-order chi connectivity index (χ0) is 15.3. The number of rotatable bonds is 6. The smallest absolute Gasteiger partial charge is 0.241 e. The fraction of sp³-hybridized carbons (Fsp3) is 0.533. The lowest BCUT2D eigenvalue weighted by Gasteiger charge is -2.24. The molecule has 1 aromatic carbocycles. The van der Waals surface area contributed by atoms with E-state index in [-0.39, 0.29) is 11.7 Å². The third-order valence-electron chi connectivity index (χ3n) is 3.70. The highest BCUT2D eigenvalue weighted by molar-refractivity contribution is 7.89. The molecule has 1 aliphatic heterocycles. The maximum Gasteiger partial charge on any atom is 0.241 e. The Morgan fingerprint density at radius 3 is 2.43 bits per heavy atom. The number of hydrogen-bond donors (Lipinski definition) is 1. The monoisotopic (exact) mass is 310 g/mol. The van der Waals surface area contributed by atoms with Crippen molar-refractivity contribution < 1.29 is 13.2 Å². The van der Waals surface area contributed by atoms with Crippen LogP contribution in [0.25, 0.3) is 0 Å². The summed E-state index contributed by atoms with van der Waals surface area (Å²) < 4.78 is 26.2. The molecule has 1 heterocycles. The van der Waals surface area contributed by atoms with E-state index >= 15 is 0 Å². The zero-order valence-electron chi connectivity index (χ0n) is 12.3. The number of carbonyl (C=O) groups excluding carboxylic acids is 1. The Morgan fingerprint density at radius 2 is 1.86 bits per heavy atom. The third-order valence-corrected chi connectivity index (χ3v) is 5.10. The van der Waals surface area contributed by atoms with Gasteiger partial charge in [0.15, 0.2) is 0 Å². The van der Waals surface area contributed by atoms with E-state index in [1.807, 2.05) is 30.3 Å². The molecule has 1 aliphatic rings. The minimum absolute atomic E-state index is 0.0223. The SMILES string of the molecule is CCS(=O)(=O)N[C@@H](Cc1ccccc1)C(=O)N1CCCC1. The molecule has 6 heteroatoms. The molecule has 1 aromatic rings. The zero-order valence-corrected chi connectivity index (χ0v) is 13.1. The van der Waals surface area contributed by atoms with Crippen LogP contribution in [0.5, 0.6) is 0 Å². The van der Waals surface area contributed by atoms with E-state index in [2.05, 4.69) is 4.72 Å². The number of sulfonamides is 1. The van der Waals surface area contributed by atoms with Crippen molar-refractivity contribution >= 4 is 15.9 Å². The van der Waals surface area contributed by atoms with Gasteiger partial charge in [-0.1, -0.05) is 30.3 Å². The van der Waals surface area contributed by atoms with Gasteiger partial charge in [0.05, 0.1) is 5.75 Å². The first-order chi connectivity index (χ1) is 10.0. The van der Waals surface area contributed by atoms with Gasteiger partial charge < -0.3 is 4.90 Å².